The highest BCUT2D eigenvalue weighted by atomic mass is 35.5. The third-order valence-corrected chi connectivity index (χ3v) is 3.51. The number of hydrogen-bond acceptors (Lipinski definition) is 2. The van der Waals surface area contributed by atoms with Crippen LogP contribution in [0, 0.1) is 6.92 Å². The highest BCUT2D eigenvalue weighted by Crippen LogP contribution is 2.18. The van der Waals surface area contributed by atoms with Crippen LogP contribution in [-0.4, -0.2) is 5.78 Å². The fourth-order valence-corrected chi connectivity index (χ4v) is 2.64. The van der Waals surface area contributed by atoms with Gasteiger partial charge >= 0.3 is 0 Å². The van der Waals surface area contributed by atoms with Crippen LogP contribution < -0.4 is 0 Å². The summed E-state index contributed by atoms with van der Waals surface area (Å²) in [6.45, 7) is 1.96. The van der Waals surface area contributed by atoms with E-state index in [0.29, 0.717) is 11.4 Å². The molecule has 1 aromatic carbocycles. The molecular formula is C13H11ClOS. The van der Waals surface area contributed by atoms with Crippen LogP contribution in [0.4, 0.5) is 0 Å². The number of halogens is 1. The zero-order valence-electron chi connectivity index (χ0n) is 8.87. The first-order valence-corrected chi connectivity index (χ1v) is 6.29. The van der Waals surface area contributed by atoms with Crippen molar-refractivity contribution in [3.63, 3.8) is 0 Å². The number of carbonyl (C=O) groups excluding carboxylic acids is 1. The average molecular weight is 251 g/mol. The summed E-state index contributed by atoms with van der Waals surface area (Å²) < 4.78 is 0. The monoisotopic (exact) mass is 250 g/mol. The SMILES string of the molecule is Cc1cscc1C(=O)Cc1cccc(Cl)c1. The topological polar surface area (TPSA) is 17.1 Å². The van der Waals surface area contributed by atoms with Crippen LogP contribution in [0.25, 0.3) is 0 Å². The van der Waals surface area contributed by atoms with E-state index in [1.807, 2.05) is 41.9 Å². The summed E-state index contributed by atoms with van der Waals surface area (Å²) in [5, 5.41) is 4.57. The van der Waals surface area contributed by atoms with Crippen molar-refractivity contribution in [2.24, 2.45) is 0 Å². The van der Waals surface area contributed by atoms with Gasteiger partial charge < -0.3 is 0 Å². The van der Waals surface area contributed by atoms with Crippen molar-refractivity contribution in [2.75, 3.05) is 0 Å². The maximum atomic E-state index is 12.0. The van der Waals surface area contributed by atoms with E-state index >= 15 is 0 Å². The summed E-state index contributed by atoms with van der Waals surface area (Å²) in [6.07, 6.45) is 0.415. The Kier molecular flexibility index (Phi) is 3.42. The van der Waals surface area contributed by atoms with Crippen LogP contribution in [0.5, 0.6) is 0 Å². The van der Waals surface area contributed by atoms with Gasteiger partial charge in [-0.3, -0.25) is 4.79 Å². The van der Waals surface area contributed by atoms with Gasteiger partial charge in [0.2, 0.25) is 0 Å². The number of aryl methyl sites for hydroxylation is 1. The van der Waals surface area contributed by atoms with Crippen molar-refractivity contribution < 1.29 is 4.79 Å². The molecule has 82 valence electrons. The van der Waals surface area contributed by atoms with Gasteiger partial charge in [-0.25, -0.2) is 0 Å². The summed E-state index contributed by atoms with van der Waals surface area (Å²) >= 11 is 7.44. The van der Waals surface area contributed by atoms with Gasteiger partial charge in [0.15, 0.2) is 5.78 Å². The maximum absolute atomic E-state index is 12.0. The van der Waals surface area contributed by atoms with Crippen LogP contribution in [0.1, 0.15) is 21.5 Å². The van der Waals surface area contributed by atoms with Crippen molar-refractivity contribution in [3.8, 4) is 0 Å². The number of Topliss-reactive ketones (excluding diaryl/α,β-unsaturated/α-hetero) is 1. The van der Waals surface area contributed by atoms with E-state index in [9.17, 15) is 4.79 Å². The number of benzene rings is 1. The molecule has 0 aliphatic rings. The molecule has 0 aliphatic carbocycles. The molecular weight excluding hydrogens is 240 g/mol. The predicted molar refractivity (Wildman–Crippen MR) is 68.5 cm³/mol. The Morgan fingerprint density at radius 3 is 2.81 bits per heavy atom. The Morgan fingerprint density at radius 1 is 1.38 bits per heavy atom. The van der Waals surface area contributed by atoms with E-state index in [-0.39, 0.29) is 5.78 Å². The zero-order valence-corrected chi connectivity index (χ0v) is 10.4. The highest BCUT2D eigenvalue weighted by molar-refractivity contribution is 7.08. The fourth-order valence-electron chi connectivity index (χ4n) is 1.57. The largest absolute Gasteiger partial charge is 0.294 e. The molecule has 0 N–H and O–H groups in total. The fraction of sp³-hybridized carbons (Fsp3) is 0.154. The van der Waals surface area contributed by atoms with E-state index in [4.69, 9.17) is 11.6 Å². The van der Waals surface area contributed by atoms with Gasteiger partial charge in [-0.1, -0.05) is 23.7 Å². The van der Waals surface area contributed by atoms with Gasteiger partial charge in [0.05, 0.1) is 0 Å². The lowest BCUT2D eigenvalue weighted by Crippen LogP contribution is -2.03. The minimum atomic E-state index is 0.154. The maximum Gasteiger partial charge on any atom is 0.168 e. The van der Waals surface area contributed by atoms with Gasteiger partial charge in [-0.15, -0.1) is 0 Å². The Hall–Kier alpha value is -1.12. The Morgan fingerprint density at radius 2 is 2.19 bits per heavy atom. The molecule has 3 heteroatoms. The van der Waals surface area contributed by atoms with Crippen molar-refractivity contribution >= 4 is 28.7 Å². The zero-order chi connectivity index (χ0) is 11.5. The third kappa shape index (κ3) is 2.52. The molecule has 0 bridgehead atoms. The van der Waals surface area contributed by atoms with Gasteiger partial charge in [0.25, 0.3) is 0 Å². The number of hydrogen-bond donors (Lipinski definition) is 0. The lowest BCUT2D eigenvalue weighted by Gasteiger charge is -2.01. The molecule has 0 saturated heterocycles. The molecule has 2 rings (SSSR count). The van der Waals surface area contributed by atoms with E-state index < -0.39 is 0 Å². The number of carbonyl (C=O) groups is 1. The van der Waals surface area contributed by atoms with Gasteiger partial charge in [-0.2, -0.15) is 11.3 Å². The molecule has 0 spiro atoms. The minimum Gasteiger partial charge on any atom is -0.294 e. The standard InChI is InChI=1S/C13H11ClOS/c1-9-7-16-8-12(9)13(15)6-10-3-2-4-11(14)5-10/h2-5,7-8H,6H2,1H3. The average Bonchev–Trinajstić information content (AvgIpc) is 2.64. The molecule has 0 atom stereocenters. The predicted octanol–water partition coefficient (Wildman–Crippen LogP) is 4.14. The first-order valence-electron chi connectivity index (χ1n) is 4.97. The van der Waals surface area contributed by atoms with Crippen LogP contribution in [0.3, 0.4) is 0 Å². The van der Waals surface area contributed by atoms with Gasteiger partial charge in [-0.05, 0) is 35.6 Å². The molecule has 16 heavy (non-hydrogen) atoms. The first kappa shape index (κ1) is 11.4. The molecule has 1 heterocycles. The molecule has 0 aliphatic heterocycles. The molecule has 1 nitrogen and oxygen atoms in total. The minimum absolute atomic E-state index is 0.154. The van der Waals surface area contributed by atoms with E-state index in [1.54, 1.807) is 11.3 Å². The van der Waals surface area contributed by atoms with Crippen LogP contribution in [0.15, 0.2) is 35.0 Å². The normalized spacial score (nSPS) is 10.4. The van der Waals surface area contributed by atoms with Gasteiger partial charge in [0.1, 0.15) is 0 Å². The van der Waals surface area contributed by atoms with Crippen molar-refractivity contribution in [1.29, 1.82) is 0 Å². The van der Waals surface area contributed by atoms with Crippen LogP contribution in [0.2, 0.25) is 5.02 Å². The summed E-state index contributed by atoms with van der Waals surface area (Å²) in [6, 6.07) is 7.43. The van der Waals surface area contributed by atoms with Crippen LogP contribution in [-0.2, 0) is 6.42 Å². The second-order valence-electron chi connectivity index (χ2n) is 3.70. The van der Waals surface area contributed by atoms with Crippen molar-refractivity contribution in [2.45, 2.75) is 13.3 Å². The lowest BCUT2D eigenvalue weighted by molar-refractivity contribution is 0.0993. The van der Waals surface area contributed by atoms with E-state index in [1.165, 1.54) is 0 Å². The summed E-state index contributed by atoms with van der Waals surface area (Å²) in [5.74, 6) is 0.154. The molecule has 1 aromatic heterocycles. The summed E-state index contributed by atoms with van der Waals surface area (Å²) in [4.78, 5) is 12.0. The van der Waals surface area contributed by atoms with Crippen molar-refractivity contribution in [3.05, 3.63) is 56.7 Å². The van der Waals surface area contributed by atoms with Crippen molar-refractivity contribution in [1.82, 2.24) is 0 Å². The number of rotatable bonds is 3. The smallest absolute Gasteiger partial charge is 0.168 e. The Labute approximate surface area is 104 Å². The summed E-state index contributed by atoms with van der Waals surface area (Å²) in [7, 11) is 0. The molecule has 0 unspecified atom stereocenters. The molecule has 0 radical (unpaired) electrons. The summed E-state index contributed by atoms with van der Waals surface area (Å²) in [5.41, 5.74) is 2.84. The quantitative estimate of drug-likeness (QED) is 0.749. The third-order valence-electron chi connectivity index (χ3n) is 2.41. The second kappa shape index (κ2) is 4.81. The molecule has 0 saturated carbocycles. The Balaban J connectivity index is 2.17. The number of thiophene rings is 1. The van der Waals surface area contributed by atoms with Gasteiger partial charge in [0, 0.05) is 22.4 Å². The molecule has 0 fully saturated rings. The van der Waals surface area contributed by atoms with Crippen LogP contribution >= 0.6 is 22.9 Å². The van der Waals surface area contributed by atoms with E-state index in [0.717, 1.165) is 16.7 Å². The second-order valence-corrected chi connectivity index (χ2v) is 4.88. The lowest BCUT2D eigenvalue weighted by atomic mass is 10.0. The Bertz CT molecular complexity index is 516. The first-order chi connectivity index (χ1) is 7.66. The molecule has 0 amide bonds. The van der Waals surface area contributed by atoms with E-state index in [2.05, 4.69) is 0 Å². The number of ketones is 1. The highest BCUT2D eigenvalue weighted by Gasteiger charge is 2.10. The molecule has 2 aromatic rings.